The number of para-hydroxylation sites is 1. The molecular formula is C37H23NOS. The Morgan fingerprint density at radius 1 is 0.500 bits per heavy atom. The molecule has 0 saturated carbocycles. The maximum Gasteiger partial charge on any atom is 0.137 e. The minimum atomic E-state index is -0.430. The van der Waals surface area contributed by atoms with Gasteiger partial charge in [0, 0.05) is 26.4 Å². The lowest BCUT2D eigenvalue weighted by atomic mass is 9.66. The highest BCUT2D eigenvalue weighted by atomic mass is 32.2. The van der Waals surface area contributed by atoms with Crippen molar-refractivity contribution in [1.29, 1.82) is 0 Å². The molecule has 0 saturated heterocycles. The average molecular weight is 530 g/mol. The highest BCUT2D eigenvalue weighted by Crippen LogP contribution is 2.63. The van der Waals surface area contributed by atoms with Crippen LogP contribution in [0.4, 0.5) is 11.4 Å². The third-order valence-corrected chi connectivity index (χ3v) is 9.67. The summed E-state index contributed by atoms with van der Waals surface area (Å²) in [5, 5.41) is 6.16. The lowest BCUT2D eigenvalue weighted by Gasteiger charge is -2.41. The van der Waals surface area contributed by atoms with Crippen molar-refractivity contribution in [2.45, 2.75) is 15.2 Å². The van der Waals surface area contributed by atoms with Gasteiger partial charge in [-0.1, -0.05) is 109 Å². The topological polar surface area (TPSA) is 25.2 Å². The molecule has 2 aliphatic rings. The van der Waals surface area contributed by atoms with E-state index in [4.69, 9.17) is 4.42 Å². The summed E-state index contributed by atoms with van der Waals surface area (Å²) in [6.45, 7) is 0. The molecular weight excluding hydrogens is 506 g/mol. The summed E-state index contributed by atoms with van der Waals surface area (Å²) in [5.74, 6) is 0. The van der Waals surface area contributed by atoms with Gasteiger partial charge in [0.2, 0.25) is 0 Å². The van der Waals surface area contributed by atoms with E-state index in [0.717, 1.165) is 33.3 Å². The van der Waals surface area contributed by atoms with Crippen LogP contribution in [0.3, 0.4) is 0 Å². The molecule has 2 heterocycles. The van der Waals surface area contributed by atoms with Gasteiger partial charge in [-0.2, -0.15) is 0 Å². The number of benzene rings is 6. The zero-order valence-electron chi connectivity index (χ0n) is 21.5. The molecule has 188 valence electrons. The quantitative estimate of drug-likeness (QED) is 0.241. The number of furan rings is 1. The molecule has 0 radical (unpaired) electrons. The van der Waals surface area contributed by atoms with Gasteiger partial charge in [-0.3, -0.25) is 0 Å². The zero-order chi connectivity index (χ0) is 26.3. The van der Waals surface area contributed by atoms with Crippen molar-refractivity contribution in [3.8, 4) is 11.1 Å². The van der Waals surface area contributed by atoms with Crippen molar-refractivity contribution >= 4 is 45.1 Å². The normalized spacial score (nSPS) is 14.1. The molecule has 2 nitrogen and oxygen atoms in total. The van der Waals surface area contributed by atoms with E-state index in [-0.39, 0.29) is 0 Å². The highest BCUT2D eigenvalue weighted by Gasteiger charge is 2.51. The molecule has 0 atom stereocenters. The smallest absolute Gasteiger partial charge is 0.137 e. The fraction of sp³-hybridized carbons (Fsp3) is 0.0270. The van der Waals surface area contributed by atoms with E-state index in [1.165, 1.54) is 43.2 Å². The Labute approximate surface area is 236 Å². The summed E-state index contributed by atoms with van der Waals surface area (Å²) in [4.78, 5) is 2.58. The molecule has 9 rings (SSSR count). The standard InChI is InChI=1S/C37H23NOS/c1-4-14-26-23(11-1)24-12-2-5-15-27(24)37(26)28-16-6-8-21-33(28)40-34-22-10-18-30(36(34)37)38-29-17-9-20-32-35(29)25-13-3-7-19-31(25)39-32/h1-22,38H. The van der Waals surface area contributed by atoms with Crippen LogP contribution in [-0.2, 0) is 5.41 Å². The molecule has 1 aliphatic heterocycles. The predicted octanol–water partition coefficient (Wildman–Crippen LogP) is 10.2. The van der Waals surface area contributed by atoms with E-state index < -0.39 is 5.41 Å². The Morgan fingerprint density at radius 2 is 1.10 bits per heavy atom. The van der Waals surface area contributed by atoms with E-state index in [9.17, 15) is 0 Å². The Morgan fingerprint density at radius 3 is 1.93 bits per heavy atom. The molecule has 0 fully saturated rings. The molecule has 3 heteroatoms. The molecule has 1 spiro atoms. The Balaban J connectivity index is 1.37. The van der Waals surface area contributed by atoms with Crippen molar-refractivity contribution < 1.29 is 4.42 Å². The summed E-state index contributed by atoms with van der Waals surface area (Å²) < 4.78 is 6.23. The van der Waals surface area contributed by atoms with Crippen molar-refractivity contribution in [2.24, 2.45) is 0 Å². The number of anilines is 2. The molecule has 0 amide bonds. The Kier molecular flexibility index (Phi) is 4.50. The molecule has 40 heavy (non-hydrogen) atoms. The fourth-order valence-electron chi connectivity index (χ4n) is 7.04. The van der Waals surface area contributed by atoms with Crippen LogP contribution in [0.15, 0.2) is 148 Å². The first kappa shape index (κ1) is 22.1. The second kappa shape index (κ2) is 8.14. The van der Waals surface area contributed by atoms with Gasteiger partial charge >= 0.3 is 0 Å². The minimum absolute atomic E-state index is 0.430. The van der Waals surface area contributed by atoms with Crippen LogP contribution in [0.2, 0.25) is 0 Å². The van der Waals surface area contributed by atoms with Crippen molar-refractivity contribution in [1.82, 2.24) is 0 Å². The zero-order valence-corrected chi connectivity index (χ0v) is 22.3. The molecule has 1 aliphatic carbocycles. The summed E-state index contributed by atoms with van der Waals surface area (Å²) in [6.07, 6.45) is 0. The van der Waals surface area contributed by atoms with Crippen LogP contribution in [0.5, 0.6) is 0 Å². The fourth-order valence-corrected chi connectivity index (χ4v) is 8.27. The Hall–Kier alpha value is -4.73. The minimum Gasteiger partial charge on any atom is -0.456 e. The average Bonchev–Trinajstić information content (AvgIpc) is 3.53. The number of fused-ring (bicyclic) bond motifs is 12. The molecule has 7 aromatic rings. The van der Waals surface area contributed by atoms with Crippen LogP contribution in [0, 0.1) is 0 Å². The van der Waals surface area contributed by atoms with Gasteiger partial charge in [0.15, 0.2) is 0 Å². The molecule has 1 N–H and O–H groups in total. The number of hydrogen-bond acceptors (Lipinski definition) is 3. The Bertz CT molecular complexity index is 2090. The second-order valence-electron chi connectivity index (χ2n) is 10.5. The summed E-state index contributed by atoms with van der Waals surface area (Å²) in [6, 6.07) is 48.1. The maximum atomic E-state index is 6.23. The van der Waals surface area contributed by atoms with Crippen molar-refractivity contribution in [2.75, 3.05) is 5.32 Å². The largest absolute Gasteiger partial charge is 0.456 e. The van der Waals surface area contributed by atoms with Crippen LogP contribution in [-0.4, -0.2) is 0 Å². The van der Waals surface area contributed by atoms with Gasteiger partial charge in [-0.05, 0) is 64.2 Å². The SMILES string of the molecule is c1ccc2c(c1)Sc1cccc(Nc3cccc4oc5ccccc5c34)c1C21c2ccccc2-c2ccccc21. The van der Waals surface area contributed by atoms with Crippen molar-refractivity contribution in [3.63, 3.8) is 0 Å². The first-order valence-electron chi connectivity index (χ1n) is 13.6. The van der Waals surface area contributed by atoms with Gasteiger partial charge in [0.25, 0.3) is 0 Å². The third kappa shape index (κ3) is 2.80. The monoisotopic (exact) mass is 529 g/mol. The molecule has 1 aromatic heterocycles. The lowest BCUT2D eigenvalue weighted by Crippen LogP contribution is -2.32. The molecule has 6 aromatic carbocycles. The van der Waals surface area contributed by atoms with Gasteiger partial charge in [0.05, 0.1) is 16.5 Å². The summed E-state index contributed by atoms with van der Waals surface area (Å²) >= 11 is 1.87. The van der Waals surface area contributed by atoms with Crippen molar-refractivity contribution in [3.05, 3.63) is 156 Å². The van der Waals surface area contributed by atoms with E-state index in [2.05, 4.69) is 127 Å². The van der Waals surface area contributed by atoms with Gasteiger partial charge < -0.3 is 9.73 Å². The highest BCUT2D eigenvalue weighted by molar-refractivity contribution is 7.99. The number of nitrogens with one attached hydrogen (secondary N) is 1. The lowest BCUT2D eigenvalue weighted by molar-refractivity contribution is 0.669. The summed E-state index contributed by atoms with van der Waals surface area (Å²) in [5.41, 5.74) is 11.5. The number of hydrogen-bond donors (Lipinski definition) is 1. The second-order valence-corrected chi connectivity index (χ2v) is 11.6. The summed E-state index contributed by atoms with van der Waals surface area (Å²) in [7, 11) is 0. The van der Waals surface area contributed by atoms with Gasteiger partial charge in [0.1, 0.15) is 11.2 Å². The molecule has 0 bridgehead atoms. The van der Waals surface area contributed by atoms with Crippen LogP contribution in [0.25, 0.3) is 33.1 Å². The third-order valence-electron chi connectivity index (χ3n) is 8.54. The van der Waals surface area contributed by atoms with Crippen LogP contribution >= 0.6 is 11.8 Å². The number of rotatable bonds is 2. The first-order valence-corrected chi connectivity index (χ1v) is 14.4. The maximum absolute atomic E-state index is 6.23. The van der Waals surface area contributed by atoms with Crippen LogP contribution in [0.1, 0.15) is 22.3 Å². The van der Waals surface area contributed by atoms with E-state index in [0.29, 0.717) is 0 Å². The van der Waals surface area contributed by atoms with Crippen LogP contribution < -0.4 is 5.32 Å². The predicted molar refractivity (Wildman–Crippen MR) is 165 cm³/mol. The molecule has 0 unspecified atom stereocenters. The van der Waals surface area contributed by atoms with E-state index in [1.807, 2.05) is 23.9 Å². The van der Waals surface area contributed by atoms with Gasteiger partial charge in [-0.15, -0.1) is 0 Å². The first-order chi connectivity index (χ1) is 19.8. The van der Waals surface area contributed by atoms with Gasteiger partial charge in [-0.25, -0.2) is 0 Å². The van der Waals surface area contributed by atoms with E-state index in [1.54, 1.807) is 0 Å². The van der Waals surface area contributed by atoms with E-state index >= 15 is 0 Å².